The van der Waals surface area contributed by atoms with Crippen molar-refractivity contribution < 1.29 is 9.59 Å². The van der Waals surface area contributed by atoms with Gasteiger partial charge in [0, 0.05) is 43.3 Å². The van der Waals surface area contributed by atoms with Crippen LogP contribution in [0.5, 0.6) is 0 Å². The van der Waals surface area contributed by atoms with Crippen molar-refractivity contribution in [2.75, 3.05) is 44.6 Å². The second kappa shape index (κ2) is 11.2. The van der Waals surface area contributed by atoms with Crippen molar-refractivity contribution in [1.82, 2.24) is 15.1 Å². The second-order valence-electron chi connectivity index (χ2n) is 7.67. The number of anilines is 1. The minimum Gasteiger partial charge on any atom is -0.354 e. The Balaban J connectivity index is 1.38. The van der Waals surface area contributed by atoms with Gasteiger partial charge in [0.2, 0.25) is 11.8 Å². The quantitative estimate of drug-likeness (QED) is 0.644. The van der Waals surface area contributed by atoms with Gasteiger partial charge < -0.3 is 10.6 Å². The van der Waals surface area contributed by atoms with Gasteiger partial charge in [-0.3, -0.25) is 19.4 Å². The zero-order chi connectivity index (χ0) is 21.3. The van der Waals surface area contributed by atoms with E-state index in [9.17, 15) is 9.59 Å². The molecule has 0 saturated carbocycles. The molecule has 0 bridgehead atoms. The summed E-state index contributed by atoms with van der Waals surface area (Å²) in [5, 5.41) is 8.14. The number of piperazine rings is 1. The molecule has 7 heteroatoms. The molecule has 0 unspecified atom stereocenters. The Morgan fingerprint density at radius 3 is 2.57 bits per heavy atom. The van der Waals surface area contributed by atoms with Gasteiger partial charge in [-0.1, -0.05) is 31.2 Å². The first-order chi connectivity index (χ1) is 14.6. The van der Waals surface area contributed by atoms with E-state index in [0.717, 1.165) is 50.3 Å². The highest BCUT2D eigenvalue weighted by molar-refractivity contribution is 7.09. The van der Waals surface area contributed by atoms with E-state index < -0.39 is 0 Å². The number of thiophene rings is 1. The molecule has 1 atom stereocenters. The van der Waals surface area contributed by atoms with Gasteiger partial charge in [-0.15, -0.1) is 11.3 Å². The highest BCUT2D eigenvalue weighted by atomic mass is 32.1. The SMILES string of the molecule is CCc1ccccc1NC(=O)CN1CCN([C@@H](C)C(=O)NCCc2cccs2)CC1. The molecule has 3 rings (SSSR count). The third-order valence-electron chi connectivity index (χ3n) is 5.62. The Morgan fingerprint density at radius 1 is 1.10 bits per heavy atom. The zero-order valence-corrected chi connectivity index (χ0v) is 18.7. The number of hydrogen-bond acceptors (Lipinski definition) is 5. The molecule has 30 heavy (non-hydrogen) atoms. The van der Waals surface area contributed by atoms with Crippen LogP contribution in [-0.4, -0.2) is 66.9 Å². The summed E-state index contributed by atoms with van der Waals surface area (Å²) in [6.07, 6.45) is 1.77. The molecule has 0 radical (unpaired) electrons. The van der Waals surface area contributed by atoms with Gasteiger partial charge in [0.1, 0.15) is 0 Å². The molecule has 1 saturated heterocycles. The Bertz CT molecular complexity index is 816. The Morgan fingerprint density at radius 2 is 1.87 bits per heavy atom. The molecule has 2 N–H and O–H groups in total. The summed E-state index contributed by atoms with van der Waals surface area (Å²) in [4.78, 5) is 30.6. The number of nitrogens with one attached hydrogen (secondary N) is 2. The highest BCUT2D eigenvalue weighted by Crippen LogP contribution is 2.15. The molecule has 2 amide bonds. The van der Waals surface area contributed by atoms with Crippen LogP contribution in [0.3, 0.4) is 0 Å². The predicted molar refractivity (Wildman–Crippen MR) is 123 cm³/mol. The molecule has 1 aromatic heterocycles. The average Bonchev–Trinajstić information content (AvgIpc) is 3.27. The molecule has 1 aliphatic rings. The number of rotatable bonds is 9. The van der Waals surface area contributed by atoms with Gasteiger partial charge in [-0.25, -0.2) is 0 Å². The van der Waals surface area contributed by atoms with Crippen molar-refractivity contribution in [2.24, 2.45) is 0 Å². The third-order valence-corrected chi connectivity index (χ3v) is 6.56. The lowest BCUT2D eigenvalue weighted by atomic mass is 10.1. The van der Waals surface area contributed by atoms with Gasteiger partial charge in [0.25, 0.3) is 0 Å². The molecule has 1 fully saturated rings. The summed E-state index contributed by atoms with van der Waals surface area (Å²) >= 11 is 1.72. The van der Waals surface area contributed by atoms with Crippen LogP contribution in [0, 0.1) is 0 Å². The van der Waals surface area contributed by atoms with Gasteiger partial charge in [-0.2, -0.15) is 0 Å². The van der Waals surface area contributed by atoms with Crippen molar-refractivity contribution in [1.29, 1.82) is 0 Å². The van der Waals surface area contributed by atoms with Crippen molar-refractivity contribution >= 4 is 28.8 Å². The topological polar surface area (TPSA) is 64.7 Å². The van der Waals surface area contributed by atoms with Crippen LogP contribution in [0.15, 0.2) is 41.8 Å². The summed E-state index contributed by atoms with van der Waals surface area (Å²) in [6, 6.07) is 11.9. The first-order valence-electron chi connectivity index (χ1n) is 10.7. The number of benzene rings is 1. The maximum Gasteiger partial charge on any atom is 0.238 e. The van der Waals surface area contributed by atoms with E-state index in [0.29, 0.717) is 13.1 Å². The fourth-order valence-electron chi connectivity index (χ4n) is 3.73. The summed E-state index contributed by atoms with van der Waals surface area (Å²) in [6.45, 7) is 8.26. The van der Waals surface area contributed by atoms with Crippen LogP contribution in [-0.2, 0) is 22.4 Å². The van der Waals surface area contributed by atoms with Gasteiger partial charge in [0.15, 0.2) is 0 Å². The van der Waals surface area contributed by atoms with Crippen LogP contribution >= 0.6 is 11.3 Å². The number of nitrogens with zero attached hydrogens (tertiary/aromatic N) is 2. The molecule has 6 nitrogen and oxygen atoms in total. The summed E-state index contributed by atoms with van der Waals surface area (Å²) in [5.74, 6) is 0.0950. The molecule has 0 aliphatic carbocycles. The second-order valence-corrected chi connectivity index (χ2v) is 8.70. The lowest BCUT2D eigenvalue weighted by Crippen LogP contribution is -2.54. The number of carbonyl (C=O) groups excluding carboxylic acids is 2. The van der Waals surface area contributed by atoms with Crippen LogP contribution in [0.1, 0.15) is 24.3 Å². The standard InChI is InChI=1S/C23H32N4O2S/c1-3-19-7-4-5-9-21(19)25-22(28)17-26-12-14-27(15-13-26)18(2)23(29)24-11-10-20-8-6-16-30-20/h4-9,16,18H,3,10-15,17H2,1-2H3,(H,24,29)(H,25,28)/t18-/m0/s1. The maximum absolute atomic E-state index is 12.5. The normalized spacial score (nSPS) is 16.2. The third kappa shape index (κ3) is 6.39. The molecular weight excluding hydrogens is 396 g/mol. The Labute approximate surface area is 183 Å². The van der Waals surface area contributed by atoms with Gasteiger partial charge in [-0.05, 0) is 42.8 Å². The fraction of sp³-hybridized carbons (Fsp3) is 0.478. The van der Waals surface area contributed by atoms with Crippen LogP contribution in [0.25, 0.3) is 0 Å². The number of aryl methyl sites for hydroxylation is 1. The van der Waals surface area contributed by atoms with Gasteiger partial charge in [0.05, 0.1) is 12.6 Å². The van der Waals surface area contributed by atoms with E-state index in [2.05, 4.69) is 38.8 Å². The molecule has 2 heterocycles. The molecule has 162 valence electrons. The smallest absolute Gasteiger partial charge is 0.238 e. The molecule has 2 aromatic rings. The molecule has 1 aromatic carbocycles. The Hall–Kier alpha value is -2.22. The lowest BCUT2D eigenvalue weighted by Gasteiger charge is -2.37. The van der Waals surface area contributed by atoms with Crippen molar-refractivity contribution in [3.63, 3.8) is 0 Å². The van der Waals surface area contributed by atoms with Crippen molar-refractivity contribution in [3.05, 3.63) is 52.2 Å². The van der Waals surface area contributed by atoms with Crippen LogP contribution < -0.4 is 10.6 Å². The summed E-state index contributed by atoms with van der Waals surface area (Å²) in [5.41, 5.74) is 2.05. The van der Waals surface area contributed by atoms with Crippen molar-refractivity contribution in [3.8, 4) is 0 Å². The summed E-state index contributed by atoms with van der Waals surface area (Å²) < 4.78 is 0. The lowest BCUT2D eigenvalue weighted by molar-refractivity contribution is -0.127. The molecular formula is C23H32N4O2S. The van der Waals surface area contributed by atoms with Crippen LogP contribution in [0.2, 0.25) is 0 Å². The highest BCUT2D eigenvalue weighted by Gasteiger charge is 2.26. The van der Waals surface area contributed by atoms with E-state index in [-0.39, 0.29) is 17.9 Å². The number of para-hydroxylation sites is 1. The number of hydrogen-bond donors (Lipinski definition) is 2. The monoisotopic (exact) mass is 428 g/mol. The minimum absolute atomic E-state index is 0.0173. The average molecular weight is 429 g/mol. The first kappa shape index (κ1) is 22.5. The van der Waals surface area contributed by atoms with Crippen molar-refractivity contribution in [2.45, 2.75) is 32.7 Å². The van der Waals surface area contributed by atoms with Gasteiger partial charge >= 0.3 is 0 Å². The Kier molecular flexibility index (Phi) is 8.42. The molecule has 1 aliphatic heterocycles. The minimum atomic E-state index is -0.152. The number of carbonyl (C=O) groups is 2. The maximum atomic E-state index is 12.5. The number of amides is 2. The predicted octanol–water partition coefficient (Wildman–Crippen LogP) is 2.61. The van der Waals surface area contributed by atoms with E-state index in [1.807, 2.05) is 37.3 Å². The molecule has 0 spiro atoms. The van der Waals surface area contributed by atoms with E-state index in [4.69, 9.17) is 0 Å². The van der Waals surface area contributed by atoms with E-state index in [1.54, 1.807) is 11.3 Å². The first-order valence-corrected chi connectivity index (χ1v) is 11.6. The van der Waals surface area contributed by atoms with E-state index in [1.165, 1.54) is 4.88 Å². The zero-order valence-electron chi connectivity index (χ0n) is 17.9. The fourth-order valence-corrected chi connectivity index (χ4v) is 4.44. The summed E-state index contributed by atoms with van der Waals surface area (Å²) in [7, 11) is 0. The van der Waals surface area contributed by atoms with E-state index >= 15 is 0 Å². The largest absolute Gasteiger partial charge is 0.354 e. The van der Waals surface area contributed by atoms with Crippen LogP contribution in [0.4, 0.5) is 5.69 Å².